The maximum atomic E-state index is 13.4. The third-order valence-electron chi connectivity index (χ3n) is 7.55. The maximum Gasteiger partial charge on any atom is 0.338 e. The van der Waals surface area contributed by atoms with E-state index in [1.807, 2.05) is 55.5 Å². The summed E-state index contributed by atoms with van der Waals surface area (Å²) < 4.78 is 5.22. The van der Waals surface area contributed by atoms with Crippen LogP contribution in [-0.2, 0) is 19.1 Å². The average Bonchev–Trinajstić information content (AvgIpc) is 3.21. The second kappa shape index (κ2) is 11.0. The van der Waals surface area contributed by atoms with Gasteiger partial charge in [-0.05, 0) is 61.4 Å². The number of anilines is 1. The Morgan fingerprint density at radius 1 is 0.895 bits per heavy atom. The Morgan fingerprint density at radius 2 is 1.58 bits per heavy atom. The number of fused-ring (bicyclic) bond motifs is 1. The molecule has 3 aromatic rings. The molecule has 1 aliphatic heterocycles. The fourth-order valence-corrected chi connectivity index (χ4v) is 5.56. The van der Waals surface area contributed by atoms with Crippen LogP contribution in [-0.4, -0.2) is 30.3 Å². The molecule has 2 fully saturated rings. The largest absolute Gasteiger partial charge is 0.452 e. The minimum atomic E-state index is -0.699. The topological polar surface area (TPSA) is 92.8 Å². The number of rotatable bonds is 7. The van der Waals surface area contributed by atoms with E-state index in [1.165, 1.54) is 16.5 Å². The van der Waals surface area contributed by atoms with E-state index >= 15 is 0 Å². The van der Waals surface area contributed by atoms with Crippen LogP contribution in [0.25, 0.3) is 0 Å². The molecule has 7 nitrogen and oxygen atoms in total. The van der Waals surface area contributed by atoms with Crippen LogP contribution in [0.15, 0.2) is 84.9 Å². The number of benzene rings is 3. The van der Waals surface area contributed by atoms with Gasteiger partial charge in [-0.3, -0.25) is 19.3 Å². The Bertz CT molecular complexity index is 1340. The van der Waals surface area contributed by atoms with Gasteiger partial charge in [-0.1, -0.05) is 66.7 Å². The number of esters is 1. The third-order valence-corrected chi connectivity index (χ3v) is 7.55. The molecule has 194 valence electrons. The van der Waals surface area contributed by atoms with Crippen LogP contribution in [0.2, 0.25) is 0 Å². The van der Waals surface area contributed by atoms with Gasteiger partial charge in [0.05, 0.1) is 29.1 Å². The van der Waals surface area contributed by atoms with Gasteiger partial charge in [0, 0.05) is 0 Å². The lowest BCUT2D eigenvalue weighted by atomic mass is 9.73. The standard InChI is InChI=1S/C31H30N2O5/c1-20(21-9-4-2-5-10-21)32-28(34)19-38-31(37)24-13-8-14-25(17-24)33-29(35)26-16-15-23(18-27(26)30(33)36)22-11-6-3-7-12-22/h2-14,17,20,23,26-27H,15-16,18-19H2,1H3,(H,32,34)/t20-,23+,26+,27+/m0/s1. The molecule has 38 heavy (non-hydrogen) atoms. The molecule has 0 aromatic heterocycles. The number of hydrogen-bond acceptors (Lipinski definition) is 5. The molecule has 5 rings (SSSR count). The lowest BCUT2D eigenvalue weighted by Gasteiger charge is -2.28. The van der Waals surface area contributed by atoms with Crippen LogP contribution >= 0.6 is 0 Å². The molecule has 3 aromatic carbocycles. The molecule has 2 aliphatic rings. The fourth-order valence-electron chi connectivity index (χ4n) is 5.56. The molecule has 4 atom stereocenters. The smallest absolute Gasteiger partial charge is 0.338 e. The van der Waals surface area contributed by atoms with Gasteiger partial charge in [-0.25, -0.2) is 4.79 Å². The number of hydrogen-bond donors (Lipinski definition) is 1. The number of carbonyl (C=O) groups is 4. The Morgan fingerprint density at radius 3 is 2.32 bits per heavy atom. The minimum absolute atomic E-state index is 0.170. The SMILES string of the molecule is C[C@H](NC(=O)COC(=O)c1cccc(N2C(=O)[C@@H]3CC[C@@H](c4ccccc4)C[C@H]3C2=O)c1)c1ccccc1. The van der Waals surface area contributed by atoms with Crippen molar-refractivity contribution in [3.05, 3.63) is 102 Å². The van der Waals surface area contributed by atoms with Crippen LogP contribution in [0.1, 0.15) is 59.6 Å². The van der Waals surface area contributed by atoms with Gasteiger partial charge >= 0.3 is 5.97 Å². The predicted molar refractivity (Wildman–Crippen MR) is 142 cm³/mol. The van der Waals surface area contributed by atoms with Gasteiger partial charge in [0.25, 0.3) is 5.91 Å². The zero-order valence-corrected chi connectivity index (χ0v) is 21.2. The van der Waals surface area contributed by atoms with Crippen molar-refractivity contribution in [1.29, 1.82) is 0 Å². The minimum Gasteiger partial charge on any atom is -0.452 e. The molecular formula is C31H30N2O5. The lowest BCUT2D eigenvalue weighted by Crippen LogP contribution is -2.31. The number of ether oxygens (including phenoxy) is 1. The molecule has 3 amide bonds. The zero-order valence-electron chi connectivity index (χ0n) is 21.2. The van der Waals surface area contributed by atoms with E-state index in [0.29, 0.717) is 18.5 Å². The van der Waals surface area contributed by atoms with E-state index in [0.717, 1.165) is 12.0 Å². The number of nitrogens with zero attached hydrogens (tertiary/aromatic N) is 1. The van der Waals surface area contributed by atoms with E-state index < -0.39 is 18.5 Å². The van der Waals surface area contributed by atoms with Crippen molar-refractivity contribution in [1.82, 2.24) is 5.32 Å². The summed E-state index contributed by atoms with van der Waals surface area (Å²) in [5.74, 6) is -2.03. The molecule has 0 radical (unpaired) electrons. The maximum absolute atomic E-state index is 13.4. The zero-order chi connectivity index (χ0) is 26.6. The summed E-state index contributed by atoms with van der Waals surface area (Å²) in [5, 5.41) is 2.80. The lowest BCUT2D eigenvalue weighted by molar-refractivity contribution is -0.125. The number of amides is 3. The van der Waals surface area contributed by atoms with Crippen LogP contribution in [0.5, 0.6) is 0 Å². The highest BCUT2D eigenvalue weighted by Gasteiger charge is 2.50. The van der Waals surface area contributed by atoms with E-state index in [-0.39, 0.29) is 41.2 Å². The summed E-state index contributed by atoms with van der Waals surface area (Å²) in [5.41, 5.74) is 2.65. The molecule has 1 saturated carbocycles. The predicted octanol–water partition coefficient (Wildman–Crippen LogP) is 4.79. The van der Waals surface area contributed by atoms with Crippen LogP contribution in [0, 0.1) is 11.8 Å². The quantitative estimate of drug-likeness (QED) is 0.364. The summed E-state index contributed by atoms with van der Waals surface area (Å²) >= 11 is 0. The van der Waals surface area contributed by atoms with Gasteiger partial charge in [-0.15, -0.1) is 0 Å². The number of nitrogens with one attached hydrogen (secondary N) is 1. The summed E-state index contributed by atoms with van der Waals surface area (Å²) in [6, 6.07) is 25.6. The first-order valence-electron chi connectivity index (χ1n) is 13.0. The Kier molecular flexibility index (Phi) is 7.36. The Hall–Kier alpha value is -4.26. The summed E-state index contributed by atoms with van der Waals surface area (Å²) in [4.78, 5) is 52.8. The number of imide groups is 1. The highest BCUT2D eigenvalue weighted by molar-refractivity contribution is 6.22. The van der Waals surface area contributed by atoms with Crippen molar-refractivity contribution in [3.8, 4) is 0 Å². The van der Waals surface area contributed by atoms with Crippen molar-refractivity contribution >= 4 is 29.4 Å². The monoisotopic (exact) mass is 510 g/mol. The second-order valence-electron chi connectivity index (χ2n) is 9.97. The second-order valence-corrected chi connectivity index (χ2v) is 9.97. The molecule has 0 bridgehead atoms. The van der Waals surface area contributed by atoms with Crippen molar-refractivity contribution in [3.63, 3.8) is 0 Å². The highest BCUT2D eigenvalue weighted by atomic mass is 16.5. The highest BCUT2D eigenvalue weighted by Crippen LogP contribution is 2.45. The third kappa shape index (κ3) is 5.23. The van der Waals surface area contributed by atoms with Gasteiger partial charge in [0.1, 0.15) is 0 Å². The summed E-state index contributed by atoms with van der Waals surface area (Å²) in [6.07, 6.45) is 2.15. The molecule has 1 heterocycles. The van der Waals surface area contributed by atoms with Crippen molar-refractivity contribution in [2.75, 3.05) is 11.5 Å². The first-order valence-corrected chi connectivity index (χ1v) is 13.0. The van der Waals surface area contributed by atoms with E-state index in [4.69, 9.17) is 4.74 Å². The molecule has 0 unspecified atom stereocenters. The Balaban J connectivity index is 1.22. The average molecular weight is 511 g/mol. The summed E-state index contributed by atoms with van der Waals surface area (Å²) in [6.45, 7) is 1.41. The van der Waals surface area contributed by atoms with Crippen LogP contribution in [0.3, 0.4) is 0 Å². The van der Waals surface area contributed by atoms with Crippen molar-refractivity contribution in [2.45, 2.75) is 38.1 Å². The van der Waals surface area contributed by atoms with Gasteiger partial charge in [0.15, 0.2) is 6.61 Å². The van der Waals surface area contributed by atoms with Gasteiger partial charge < -0.3 is 10.1 Å². The van der Waals surface area contributed by atoms with E-state index in [1.54, 1.807) is 18.2 Å². The van der Waals surface area contributed by atoms with E-state index in [2.05, 4.69) is 17.4 Å². The van der Waals surface area contributed by atoms with E-state index in [9.17, 15) is 19.2 Å². The first kappa shape index (κ1) is 25.4. The van der Waals surface area contributed by atoms with Crippen LogP contribution in [0.4, 0.5) is 5.69 Å². The van der Waals surface area contributed by atoms with Gasteiger partial charge in [-0.2, -0.15) is 0 Å². The van der Waals surface area contributed by atoms with Crippen LogP contribution < -0.4 is 10.2 Å². The first-order chi connectivity index (χ1) is 18.4. The Labute approximate surface area is 221 Å². The van der Waals surface area contributed by atoms with Crippen molar-refractivity contribution < 1.29 is 23.9 Å². The molecule has 1 saturated heterocycles. The molecule has 0 spiro atoms. The molecular weight excluding hydrogens is 480 g/mol. The molecule has 7 heteroatoms. The number of carbonyl (C=O) groups excluding carboxylic acids is 4. The molecule has 1 aliphatic carbocycles. The normalized spacial score (nSPS) is 21.5. The fraction of sp³-hybridized carbons (Fsp3) is 0.290. The van der Waals surface area contributed by atoms with Gasteiger partial charge in [0.2, 0.25) is 11.8 Å². The van der Waals surface area contributed by atoms with Crippen molar-refractivity contribution in [2.24, 2.45) is 11.8 Å². The molecule has 1 N–H and O–H groups in total. The summed E-state index contributed by atoms with van der Waals surface area (Å²) in [7, 11) is 0.